The number of hydrogen-bond acceptors (Lipinski definition) is 6. The lowest BCUT2D eigenvalue weighted by atomic mass is 9.90. The Morgan fingerprint density at radius 3 is 2.75 bits per heavy atom. The van der Waals surface area contributed by atoms with Gasteiger partial charge in [-0.1, -0.05) is 0 Å². The molecule has 0 unspecified atom stereocenters. The third-order valence-electron chi connectivity index (χ3n) is 4.99. The predicted molar refractivity (Wildman–Crippen MR) is 85.6 cm³/mol. The number of sulfonamides is 1. The molecule has 3 fully saturated rings. The molecule has 1 spiro atoms. The Balaban J connectivity index is 1.42. The summed E-state index contributed by atoms with van der Waals surface area (Å²) in [6, 6.07) is -0.0848. The third-order valence-corrected chi connectivity index (χ3v) is 7.00. The predicted octanol–water partition coefficient (Wildman–Crippen LogP) is 0.825. The van der Waals surface area contributed by atoms with Crippen molar-refractivity contribution in [3.8, 4) is 0 Å². The highest BCUT2D eigenvalue weighted by molar-refractivity contribution is 7.90. The highest BCUT2D eigenvalue weighted by atomic mass is 32.2. The maximum Gasteiger partial charge on any atom is 0.225 e. The van der Waals surface area contributed by atoms with E-state index in [4.69, 9.17) is 4.74 Å². The molecular formula is C15H21FN4O3S. The van der Waals surface area contributed by atoms with Crippen LogP contribution >= 0.6 is 0 Å². The van der Waals surface area contributed by atoms with Crippen LogP contribution < -0.4 is 9.62 Å². The average Bonchev–Trinajstić information content (AvgIpc) is 3.33. The summed E-state index contributed by atoms with van der Waals surface area (Å²) in [5, 5.41) is -0.205. The van der Waals surface area contributed by atoms with Gasteiger partial charge >= 0.3 is 0 Å². The molecule has 0 bridgehead atoms. The van der Waals surface area contributed by atoms with Gasteiger partial charge in [-0.2, -0.15) is 0 Å². The van der Waals surface area contributed by atoms with Gasteiger partial charge in [0.25, 0.3) is 0 Å². The van der Waals surface area contributed by atoms with Crippen LogP contribution in [0.15, 0.2) is 12.4 Å². The van der Waals surface area contributed by atoms with Crippen molar-refractivity contribution in [2.75, 3.05) is 24.6 Å². The van der Waals surface area contributed by atoms with E-state index in [1.165, 1.54) is 0 Å². The van der Waals surface area contributed by atoms with Crippen molar-refractivity contribution >= 4 is 16.0 Å². The number of rotatable bonds is 4. The molecule has 3 heterocycles. The van der Waals surface area contributed by atoms with Crippen molar-refractivity contribution in [2.45, 2.75) is 49.0 Å². The van der Waals surface area contributed by atoms with Crippen molar-refractivity contribution in [3.63, 3.8) is 0 Å². The second kappa shape index (κ2) is 5.89. The van der Waals surface area contributed by atoms with Crippen molar-refractivity contribution in [1.82, 2.24) is 14.7 Å². The first kappa shape index (κ1) is 16.2. The molecule has 1 saturated carbocycles. The Kier molecular flexibility index (Phi) is 3.97. The SMILES string of the molecule is O=S(=O)(N[C@H]1CCO[C@@]2(CCN(c3ncc(F)cn3)C2)C1)C1CC1. The number of nitrogens with one attached hydrogen (secondary N) is 1. The molecule has 1 aliphatic carbocycles. The molecule has 2 atom stereocenters. The summed E-state index contributed by atoms with van der Waals surface area (Å²) in [5.74, 6) is 0.0219. The lowest BCUT2D eigenvalue weighted by Gasteiger charge is -2.38. The fraction of sp³-hybridized carbons (Fsp3) is 0.733. The number of nitrogens with zero attached hydrogens (tertiary/aromatic N) is 3. The van der Waals surface area contributed by atoms with Gasteiger partial charge in [0.2, 0.25) is 16.0 Å². The van der Waals surface area contributed by atoms with Crippen LogP contribution in [0.4, 0.5) is 10.3 Å². The van der Waals surface area contributed by atoms with Crippen molar-refractivity contribution < 1.29 is 17.5 Å². The summed E-state index contributed by atoms with van der Waals surface area (Å²) in [6.45, 7) is 1.85. The lowest BCUT2D eigenvalue weighted by molar-refractivity contribution is -0.0706. The van der Waals surface area contributed by atoms with Crippen LogP contribution in [-0.4, -0.2) is 55.0 Å². The molecule has 2 saturated heterocycles. The quantitative estimate of drug-likeness (QED) is 0.860. The van der Waals surface area contributed by atoms with E-state index in [0.29, 0.717) is 38.5 Å². The van der Waals surface area contributed by atoms with E-state index in [-0.39, 0.29) is 16.9 Å². The number of aromatic nitrogens is 2. The zero-order valence-electron chi connectivity index (χ0n) is 13.3. The second-order valence-electron chi connectivity index (χ2n) is 6.96. The van der Waals surface area contributed by atoms with Crippen molar-refractivity contribution in [3.05, 3.63) is 18.2 Å². The average molecular weight is 356 g/mol. The van der Waals surface area contributed by atoms with Gasteiger partial charge < -0.3 is 9.64 Å². The molecule has 1 N–H and O–H groups in total. The zero-order valence-corrected chi connectivity index (χ0v) is 14.1. The molecule has 1 aromatic rings. The van der Waals surface area contributed by atoms with Gasteiger partial charge in [0, 0.05) is 25.7 Å². The highest BCUT2D eigenvalue weighted by Crippen LogP contribution is 2.36. The van der Waals surface area contributed by atoms with Crippen molar-refractivity contribution in [2.24, 2.45) is 0 Å². The van der Waals surface area contributed by atoms with Gasteiger partial charge in [-0.15, -0.1) is 0 Å². The van der Waals surface area contributed by atoms with Crippen LogP contribution in [0, 0.1) is 5.82 Å². The van der Waals surface area contributed by atoms with Crippen molar-refractivity contribution in [1.29, 1.82) is 0 Å². The monoisotopic (exact) mass is 356 g/mol. The third kappa shape index (κ3) is 3.25. The summed E-state index contributed by atoms with van der Waals surface area (Å²) < 4.78 is 46.2. The van der Waals surface area contributed by atoms with E-state index >= 15 is 0 Å². The molecule has 7 nitrogen and oxygen atoms in total. The maximum atomic E-state index is 13.0. The van der Waals surface area contributed by atoms with Crippen LogP contribution in [0.25, 0.3) is 0 Å². The first-order valence-corrected chi connectivity index (χ1v) is 9.88. The topological polar surface area (TPSA) is 84.4 Å². The molecule has 24 heavy (non-hydrogen) atoms. The summed E-state index contributed by atoms with van der Waals surface area (Å²) >= 11 is 0. The van der Waals surface area contributed by atoms with Crippen LogP contribution in [0.2, 0.25) is 0 Å². The standard InChI is InChI=1S/C15H21FN4O3S/c16-11-8-17-14(18-9-11)20-5-4-15(10-20)7-12(3-6-23-15)19-24(21,22)13-1-2-13/h8-9,12-13,19H,1-7,10H2/t12-,15-/m0/s1. The number of ether oxygens (including phenoxy) is 1. The minimum absolute atomic E-state index is 0.0848. The molecule has 1 aromatic heterocycles. The lowest BCUT2D eigenvalue weighted by Crippen LogP contribution is -2.50. The summed E-state index contributed by atoms with van der Waals surface area (Å²) in [7, 11) is -3.19. The molecule has 3 aliphatic rings. The van der Waals surface area contributed by atoms with Crippen LogP contribution in [0.5, 0.6) is 0 Å². The van der Waals surface area contributed by atoms with Gasteiger partial charge in [-0.25, -0.2) is 27.5 Å². The second-order valence-corrected chi connectivity index (χ2v) is 8.95. The Hall–Kier alpha value is -1.32. The fourth-order valence-electron chi connectivity index (χ4n) is 3.60. The zero-order chi connectivity index (χ0) is 16.8. The minimum Gasteiger partial charge on any atom is -0.373 e. The minimum atomic E-state index is -3.19. The van der Waals surface area contributed by atoms with Gasteiger partial charge in [-0.05, 0) is 32.1 Å². The number of hydrogen-bond donors (Lipinski definition) is 1. The normalized spacial score (nSPS) is 30.9. The van der Waals surface area contributed by atoms with Gasteiger partial charge in [0.05, 0.1) is 23.2 Å². The number of anilines is 1. The Morgan fingerprint density at radius 2 is 2.04 bits per heavy atom. The smallest absolute Gasteiger partial charge is 0.225 e. The summed E-state index contributed by atoms with van der Waals surface area (Å²) in [4.78, 5) is 10.0. The fourth-order valence-corrected chi connectivity index (χ4v) is 5.22. The molecule has 132 valence electrons. The molecule has 0 aromatic carbocycles. The van der Waals surface area contributed by atoms with Gasteiger partial charge in [0.15, 0.2) is 5.82 Å². The molecule has 0 radical (unpaired) electrons. The van der Waals surface area contributed by atoms with Crippen LogP contribution in [0.3, 0.4) is 0 Å². The first-order chi connectivity index (χ1) is 11.5. The van der Waals surface area contributed by atoms with E-state index < -0.39 is 15.8 Å². The molecular weight excluding hydrogens is 335 g/mol. The Morgan fingerprint density at radius 1 is 1.29 bits per heavy atom. The Bertz CT molecular complexity index is 710. The number of halogens is 1. The highest BCUT2D eigenvalue weighted by Gasteiger charge is 2.46. The van der Waals surface area contributed by atoms with Gasteiger partial charge in [-0.3, -0.25) is 0 Å². The Labute approximate surface area is 140 Å². The van der Waals surface area contributed by atoms with Crippen LogP contribution in [0.1, 0.15) is 32.1 Å². The first-order valence-electron chi connectivity index (χ1n) is 8.33. The van der Waals surface area contributed by atoms with E-state index in [9.17, 15) is 12.8 Å². The molecule has 2 aliphatic heterocycles. The van der Waals surface area contributed by atoms with E-state index in [1.54, 1.807) is 0 Å². The largest absolute Gasteiger partial charge is 0.373 e. The molecule has 9 heteroatoms. The maximum absolute atomic E-state index is 13.0. The summed E-state index contributed by atoms with van der Waals surface area (Å²) in [5.41, 5.74) is -0.382. The van der Waals surface area contributed by atoms with E-state index in [2.05, 4.69) is 14.7 Å². The molecule has 4 rings (SSSR count). The van der Waals surface area contributed by atoms with Gasteiger partial charge in [0.1, 0.15) is 0 Å². The van der Waals surface area contributed by atoms with E-state index in [0.717, 1.165) is 31.7 Å². The summed E-state index contributed by atoms with van der Waals surface area (Å²) in [6.07, 6.45) is 5.97. The van der Waals surface area contributed by atoms with E-state index in [1.807, 2.05) is 4.90 Å². The molecule has 0 amide bonds. The van der Waals surface area contributed by atoms with Crippen LogP contribution in [-0.2, 0) is 14.8 Å².